The van der Waals surface area contributed by atoms with Gasteiger partial charge in [-0.2, -0.15) is 0 Å². The molecule has 0 radical (unpaired) electrons. The Kier molecular flexibility index (Phi) is 4.37. The Labute approximate surface area is 151 Å². The van der Waals surface area contributed by atoms with E-state index in [9.17, 15) is 0 Å². The Balaban J connectivity index is 2.39. The fraction of sp³-hybridized carbons (Fsp3) is 0.133. The van der Waals surface area contributed by atoms with Crippen LogP contribution in [0, 0.1) is 3.57 Å². The van der Waals surface area contributed by atoms with Crippen LogP contribution >= 0.6 is 57.4 Å². The Hall–Kier alpha value is -0.490. The zero-order valence-corrected chi connectivity index (χ0v) is 15.4. The molecular formula is C15H10Cl3IN2. The predicted octanol–water partition coefficient (Wildman–Crippen LogP) is 6.24. The number of para-hydroxylation sites is 1. The largest absolute Gasteiger partial charge is 0.294 e. The lowest BCUT2D eigenvalue weighted by Gasteiger charge is -2.12. The zero-order valence-electron chi connectivity index (χ0n) is 10.9. The van der Waals surface area contributed by atoms with Crippen molar-refractivity contribution < 1.29 is 0 Å². The van der Waals surface area contributed by atoms with Crippen molar-refractivity contribution in [3.05, 3.63) is 55.8 Å². The van der Waals surface area contributed by atoms with E-state index in [1.165, 1.54) is 0 Å². The SMILES string of the molecule is CC(Cl)c1nc2c(Cl)cccc2n1-c1ccc(Cl)cc1I. The summed E-state index contributed by atoms with van der Waals surface area (Å²) in [5.41, 5.74) is 2.69. The number of benzene rings is 2. The lowest BCUT2D eigenvalue weighted by Crippen LogP contribution is -2.03. The minimum absolute atomic E-state index is 0.236. The summed E-state index contributed by atoms with van der Waals surface area (Å²) in [6.07, 6.45) is 0. The van der Waals surface area contributed by atoms with Crippen LogP contribution in [0.4, 0.5) is 0 Å². The van der Waals surface area contributed by atoms with Gasteiger partial charge in [-0.15, -0.1) is 11.6 Å². The average molecular weight is 452 g/mol. The molecule has 1 atom stereocenters. The Morgan fingerprint density at radius 1 is 1.19 bits per heavy atom. The minimum Gasteiger partial charge on any atom is -0.294 e. The van der Waals surface area contributed by atoms with Gasteiger partial charge in [0.2, 0.25) is 0 Å². The van der Waals surface area contributed by atoms with Crippen LogP contribution in [0.1, 0.15) is 18.1 Å². The maximum atomic E-state index is 6.31. The molecule has 0 aliphatic heterocycles. The highest BCUT2D eigenvalue weighted by Gasteiger charge is 2.19. The smallest absolute Gasteiger partial charge is 0.132 e. The zero-order chi connectivity index (χ0) is 15.1. The first kappa shape index (κ1) is 15.4. The molecule has 0 aliphatic rings. The number of imidazole rings is 1. The highest BCUT2D eigenvalue weighted by atomic mass is 127. The summed E-state index contributed by atoms with van der Waals surface area (Å²) in [5, 5.41) is 1.08. The molecule has 1 unspecified atom stereocenters. The van der Waals surface area contributed by atoms with E-state index in [1.807, 2.05) is 47.9 Å². The molecule has 21 heavy (non-hydrogen) atoms. The number of alkyl halides is 1. The molecule has 0 saturated heterocycles. The van der Waals surface area contributed by atoms with Crippen LogP contribution in [0.2, 0.25) is 10.0 Å². The van der Waals surface area contributed by atoms with Crippen molar-refractivity contribution in [2.75, 3.05) is 0 Å². The van der Waals surface area contributed by atoms with E-state index >= 15 is 0 Å². The molecule has 0 spiro atoms. The molecule has 108 valence electrons. The Bertz CT molecular complexity index is 827. The van der Waals surface area contributed by atoms with Crippen LogP contribution < -0.4 is 0 Å². The number of halogens is 4. The summed E-state index contributed by atoms with van der Waals surface area (Å²) in [7, 11) is 0. The van der Waals surface area contributed by atoms with Gasteiger partial charge >= 0.3 is 0 Å². The third-order valence-electron chi connectivity index (χ3n) is 3.17. The first-order chi connectivity index (χ1) is 9.99. The molecule has 3 aromatic rings. The maximum Gasteiger partial charge on any atom is 0.132 e. The second-order valence-electron chi connectivity index (χ2n) is 4.62. The molecule has 2 aromatic carbocycles. The van der Waals surface area contributed by atoms with Crippen LogP contribution in [0.5, 0.6) is 0 Å². The van der Waals surface area contributed by atoms with Gasteiger partial charge in [-0.3, -0.25) is 4.57 Å². The molecule has 0 bridgehead atoms. The number of rotatable bonds is 2. The molecule has 2 nitrogen and oxygen atoms in total. The van der Waals surface area contributed by atoms with E-state index in [-0.39, 0.29) is 5.38 Å². The first-order valence-corrected chi connectivity index (χ1v) is 8.52. The monoisotopic (exact) mass is 450 g/mol. The maximum absolute atomic E-state index is 6.31. The number of fused-ring (bicyclic) bond motifs is 1. The summed E-state index contributed by atoms with van der Waals surface area (Å²) in [6, 6.07) is 11.5. The van der Waals surface area contributed by atoms with E-state index in [0.29, 0.717) is 10.0 Å². The molecule has 0 fully saturated rings. The lowest BCUT2D eigenvalue weighted by atomic mass is 10.2. The highest BCUT2D eigenvalue weighted by molar-refractivity contribution is 14.1. The third kappa shape index (κ3) is 2.77. The van der Waals surface area contributed by atoms with Gasteiger partial charge in [0, 0.05) is 8.59 Å². The summed E-state index contributed by atoms with van der Waals surface area (Å²) in [5.74, 6) is 0.764. The van der Waals surface area contributed by atoms with E-state index in [0.717, 1.165) is 26.1 Å². The van der Waals surface area contributed by atoms with Crippen LogP contribution in [0.25, 0.3) is 16.7 Å². The molecule has 0 amide bonds. The Morgan fingerprint density at radius 2 is 1.95 bits per heavy atom. The van der Waals surface area contributed by atoms with Gasteiger partial charge in [-0.25, -0.2) is 4.98 Å². The van der Waals surface area contributed by atoms with Crippen molar-refractivity contribution in [3.63, 3.8) is 0 Å². The molecule has 0 N–H and O–H groups in total. The number of hydrogen-bond donors (Lipinski definition) is 0. The number of hydrogen-bond acceptors (Lipinski definition) is 1. The standard InChI is InChI=1S/C15H10Cl3IN2/c1-8(16)15-20-14-10(18)3-2-4-13(14)21(15)12-6-5-9(17)7-11(12)19/h2-8H,1H3. The molecule has 1 heterocycles. The van der Waals surface area contributed by atoms with Crippen LogP contribution in [0.15, 0.2) is 36.4 Å². The van der Waals surface area contributed by atoms with Crippen molar-refractivity contribution in [1.29, 1.82) is 0 Å². The number of nitrogens with zero attached hydrogens (tertiary/aromatic N) is 2. The third-order valence-corrected chi connectivity index (χ3v) is 4.77. The Morgan fingerprint density at radius 3 is 2.62 bits per heavy atom. The van der Waals surface area contributed by atoms with E-state index in [4.69, 9.17) is 34.8 Å². The second-order valence-corrected chi connectivity index (χ2v) is 7.29. The van der Waals surface area contributed by atoms with E-state index in [1.54, 1.807) is 0 Å². The van der Waals surface area contributed by atoms with Crippen molar-refractivity contribution >= 4 is 68.4 Å². The van der Waals surface area contributed by atoms with E-state index < -0.39 is 0 Å². The summed E-state index contributed by atoms with van der Waals surface area (Å²) >= 11 is 20.9. The van der Waals surface area contributed by atoms with Crippen molar-refractivity contribution in [1.82, 2.24) is 9.55 Å². The van der Waals surface area contributed by atoms with Gasteiger partial charge in [0.1, 0.15) is 11.3 Å². The summed E-state index contributed by atoms with van der Waals surface area (Å²) in [6.45, 7) is 1.90. The van der Waals surface area contributed by atoms with Gasteiger partial charge in [0.05, 0.1) is 21.6 Å². The summed E-state index contributed by atoms with van der Waals surface area (Å²) in [4.78, 5) is 4.61. The van der Waals surface area contributed by atoms with Crippen LogP contribution in [0.3, 0.4) is 0 Å². The lowest BCUT2D eigenvalue weighted by molar-refractivity contribution is 0.880. The van der Waals surface area contributed by atoms with Crippen molar-refractivity contribution in [2.45, 2.75) is 12.3 Å². The molecule has 0 aliphatic carbocycles. The minimum atomic E-state index is -0.236. The van der Waals surface area contributed by atoms with Gasteiger partial charge < -0.3 is 0 Å². The first-order valence-electron chi connectivity index (χ1n) is 6.25. The highest BCUT2D eigenvalue weighted by Crippen LogP contribution is 2.33. The van der Waals surface area contributed by atoms with Gasteiger partial charge in [0.25, 0.3) is 0 Å². The van der Waals surface area contributed by atoms with E-state index in [2.05, 4.69) is 27.6 Å². The van der Waals surface area contributed by atoms with Crippen LogP contribution in [-0.2, 0) is 0 Å². The quantitative estimate of drug-likeness (QED) is 0.333. The van der Waals surface area contributed by atoms with Crippen molar-refractivity contribution in [2.24, 2.45) is 0 Å². The molecule has 6 heteroatoms. The molecular weight excluding hydrogens is 441 g/mol. The molecule has 1 aromatic heterocycles. The average Bonchev–Trinajstić information content (AvgIpc) is 2.80. The fourth-order valence-electron chi connectivity index (χ4n) is 2.27. The topological polar surface area (TPSA) is 17.8 Å². The normalized spacial score (nSPS) is 12.8. The van der Waals surface area contributed by atoms with Gasteiger partial charge in [-0.1, -0.05) is 29.3 Å². The molecule has 0 saturated carbocycles. The summed E-state index contributed by atoms with van der Waals surface area (Å²) < 4.78 is 3.06. The fourth-order valence-corrected chi connectivity index (χ4v) is 3.74. The van der Waals surface area contributed by atoms with Crippen LogP contribution in [-0.4, -0.2) is 9.55 Å². The van der Waals surface area contributed by atoms with Gasteiger partial charge in [0.15, 0.2) is 0 Å². The van der Waals surface area contributed by atoms with Crippen molar-refractivity contribution in [3.8, 4) is 5.69 Å². The molecule has 3 rings (SSSR count). The predicted molar refractivity (Wildman–Crippen MR) is 98.1 cm³/mol. The van der Waals surface area contributed by atoms with Gasteiger partial charge in [-0.05, 0) is 59.8 Å². The number of aromatic nitrogens is 2. The second kappa shape index (κ2) is 5.95.